The molecule has 94 valence electrons. The Kier molecular flexibility index (Phi) is 3.92. The first kappa shape index (κ1) is 13.7. The Morgan fingerprint density at radius 1 is 1.41 bits per heavy atom. The number of phenols is 1. The molecule has 0 saturated carbocycles. The number of benzene rings is 1. The summed E-state index contributed by atoms with van der Waals surface area (Å²) in [6.07, 6.45) is -3.23. The maximum absolute atomic E-state index is 12.6. The number of alkyl halides is 3. The van der Waals surface area contributed by atoms with Crippen molar-refractivity contribution >= 4 is 17.7 Å². The van der Waals surface area contributed by atoms with E-state index in [0.29, 0.717) is 6.07 Å². The lowest BCUT2D eigenvalue weighted by molar-refractivity contribution is -0.139. The van der Waals surface area contributed by atoms with Gasteiger partial charge in [-0.05, 0) is 18.4 Å². The summed E-state index contributed by atoms with van der Waals surface area (Å²) in [5.74, 6) is -1.76. The molecule has 0 saturated heterocycles. The molecule has 0 heterocycles. The second kappa shape index (κ2) is 4.87. The molecule has 7 heteroatoms. The molecule has 17 heavy (non-hydrogen) atoms. The van der Waals surface area contributed by atoms with Gasteiger partial charge in [-0.25, -0.2) is 4.79 Å². The van der Waals surface area contributed by atoms with Crippen molar-refractivity contribution in [2.75, 3.05) is 13.4 Å². The number of hydrogen-bond donors (Lipinski definition) is 1. The zero-order chi connectivity index (χ0) is 13.2. The molecule has 0 atom stereocenters. The molecule has 0 bridgehead atoms. The molecule has 1 aromatic carbocycles. The molecule has 1 N–H and O–H groups in total. The Bertz CT molecular complexity index is 443. The molecule has 0 aliphatic carbocycles. The smallest absolute Gasteiger partial charge is 0.420 e. The zero-order valence-electron chi connectivity index (χ0n) is 8.96. The molecule has 0 spiro atoms. The normalized spacial score (nSPS) is 11.4. The van der Waals surface area contributed by atoms with Crippen molar-refractivity contribution in [2.24, 2.45) is 0 Å². The van der Waals surface area contributed by atoms with E-state index >= 15 is 0 Å². The highest BCUT2D eigenvalue weighted by Gasteiger charge is 2.36. The second-order valence-electron chi connectivity index (χ2n) is 3.06. The number of carbonyl (C=O) groups is 1. The second-order valence-corrected chi connectivity index (χ2v) is 3.91. The lowest BCUT2D eigenvalue weighted by atomic mass is 10.1. The average Bonchev–Trinajstić information content (AvgIpc) is 2.26. The number of esters is 1. The summed E-state index contributed by atoms with van der Waals surface area (Å²) in [5, 5.41) is 9.41. The van der Waals surface area contributed by atoms with Crippen LogP contribution in [0.3, 0.4) is 0 Å². The molecule has 1 aromatic rings. The third kappa shape index (κ3) is 2.85. The fourth-order valence-electron chi connectivity index (χ4n) is 1.22. The lowest BCUT2D eigenvalue weighted by Gasteiger charge is -2.13. The standard InChI is InChI=1S/C10H9F3O3S/c1-16-9(15)5-3-6(10(11,12)13)8(14)7(4-5)17-2/h3-4,14H,1-2H3. The van der Waals surface area contributed by atoms with Crippen LogP contribution >= 0.6 is 11.8 Å². The van der Waals surface area contributed by atoms with E-state index in [2.05, 4.69) is 4.74 Å². The van der Waals surface area contributed by atoms with Gasteiger partial charge in [0.2, 0.25) is 0 Å². The quantitative estimate of drug-likeness (QED) is 0.660. The fraction of sp³-hybridized carbons (Fsp3) is 0.300. The van der Waals surface area contributed by atoms with E-state index < -0.39 is 23.5 Å². The summed E-state index contributed by atoms with van der Waals surface area (Å²) in [4.78, 5) is 11.2. The number of halogens is 3. The van der Waals surface area contributed by atoms with Gasteiger partial charge < -0.3 is 9.84 Å². The van der Waals surface area contributed by atoms with Crippen molar-refractivity contribution in [3.63, 3.8) is 0 Å². The molecule has 0 fully saturated rings. The zero-order valence-corrected chi connectivity index (χ0v) is 9.78. The molecule has 0 aromatic heterocycles. The fourth-order valence-corrected chi connectivity index (χ4v) is 1.76. The Morgan fingerprint density at radius 3 is 2.41 bits per heavy atom. The number of ether oxygens (including phenoxy) is 1. The molecule has 0 amide bonds. The van der Waals surface area contributed by atoms with Crippen molar-refractivity contribution < 1.29 is 27.8 Å². The highest BCUT2D eigenvalue weighted by atomic mass is 32.2. The number of phenolic OH excluding ortho intramolecular Hbond substituents is 1. The molecule has 0 aliphatic heterocycles. The van der Waals surface area contributed by atoms with Gasteiger partial charge in [0.15, 0.2) is 0 Å². The maximum atomic E-state index is 12.6. The van der Waals surface area contributed by atoms with Gasteiger partial charge >= 0.3 is 12.1 Å². The summed E-state index contributed by atoms with van der Waals surface area (Å²) < 4.78 is 42.1. The number of carbonyl (C=O) groups excluding carboxylic acids is 1. The number of thioether (sulfide) groups is 1. The molecule has 0 radical (unpaired) electrons. The van der Waals surface area contributed by atoms with Crippen molar-refractivity contribution in [2.45, 2.75) is 11.1 Å². The van der Waals surface area contributed by atoms with Crippen molar-refractivity contribution in [3.8, 4) is 5.75 Å². The highest BCUT2D eigenvalue weighted by Crippen LogP contribution is 2.41. The van der Waals surface area contributed by atoms with Crippen LogP contribution in [0.25, 0.3) is 0 Å². The first-order valence-corrected chi connectivity index (χ1v) is 5.60. The van der Waals surface area contributed by atoms with E-state index in [0.717, 1.165) is 24.9 Å². The van der Waals surface area contributed by atoms with Crippen molar-refractivity contribution in [1.29, 1.82) is 0 Å². The molecule has 0 aliphatic rings. The van der Waals surface area contributed by atoms with E-state index in [4.69, 9.17) is 0 Å². The average molecular weight is 266 g/mol. The molecular formula is C10H9F3O3S. The molecular weight excluding hydrogens is 257 g/mol. The minimum Gasteiger partial charge on any atom is -0.506 e. The van der Waals surface area contributed by atoms with E-state index in [1.165, 1.54) is 6.26 Å². The minimum absolute atomic E-state index is 0.0276. The Hall–Kier alpha value is -1.37. The topological polar surface area (TPSA) is 46.5 Å². The van der Waals surface area contributed by atoms with Crippen LogP contribution in [0.2, 0.25) is 0 Å². The SMILES string of the molecule is COC(=O)c1cc(SC)c(O)c(C(F)(F)F)c1. The van der Waals surface area contributed by atoms with Gasteiger partial charge in [-0.1, -0.05) is 0 Å². The van der Waals surface area contributed by atoms with Gasteiger partial charge in [-0.15, -0.1) is 11.8 Å². The molecule has 3 nitrogen and oxygen atoms in total. The summed E-state index contributed by atoms with van der Waals surface area (Å²) in [6, 6.07) is 1.72. The summed E-state index contributed by atoms with van der Waals surface area (Å²) in [6.45, 7) is 0. The van der Waals surface area contributed by atoms with Crippen molar-refractivity contribution in [3.05, 3.63) is 23.3 Å². The highest BCUT2D eigenvalue weighted by molar-refractivity contribution is 7.98. The van der Waals surface area contributed by atoms with Crippen molar-refractivity contribution in [1.82, 2.24) is 0 Å². The third-order valence-corrected chi connectivity index (χ3v) is 2.77. The van der Waals surface area contributed by atoms with Gasteiger partial charge in [0.1, 0.15) is 5.75 Å². The minimum atomic E-state index is -4.72. The van der Waals surface area contributed by atoms with Gasteiger partial charge in [0.05, 0.1) is 23.1 Å². The maximum Gasteiger partial charge on any atom is 0.420 e. The van der Waals surface area contributed by atoms with Crippen LogP contribution < -0.4 is 0 Å². The largest absolute Gasteiger partial charge is 0.506 e. The van der Waals surface area contributed by atoms with Gasteiger partial charge in [0, 0.05) is 0 Å². The van der Waals surface area contributed by atoms with Gasteiger partial charge in [-0.2, -0.15) is 13.2 Å². The number of methoxy groups -OCH3 is 1. The van der Waals surface area contributed by atoms with Gasteiger partial charge in [-0.3, -0.25) is 0 Å². The Labute approximate surface area is 99.6 Å². The lowest BCUT2D eigenvalue weighted by Crippen LogP contribution is -2.09. The Morgan fingerprint density at radius 2 is 2.00 bits per heavy atom. The summed E-state index contributed by atoms with van der Waals surface area (Å²) in [7, 11) is 1.07. The molecule has 0 unspecified atom stereocenters. The van der Waals surface area contributed by atoms with E-state index in [9.17, 15) is 23.1 Å². The van der Waals surface area contributed by atoms with Crippen LogP contribution in [0.15, 0.2) is 17.0 Å². The monoisotopic (exact) mass is 266 g/mol. The number of hydrogen-bond acceptors (Lipinski definition) is 4. The van der Waals surface area contributed by atoms with E-state index in [1.54, 1.807) is 0 Å². The van der Waals surface area contributed by atoms with Crippen LogP contribution in [-0.4, -0.2) is 24.4 Å². The predicted octanol–water partition coefficient (Wildman–Crippen LogP) is 2.92. The van der Waals surface area contributed by atoms with Crippen LogP contribution in [-0.2, 0) is 10.9 Å². The van der Waals surface area contributed by atoms with Gasteiger partial charge in [0.25, 0.3) is 0 Å². The van der Waals surface area contributed by atoms with Crippen LogP contribution in [0, 0.1) is 0 Å². The summed E-state index contributed by atoms with van der Waals surface area (Å²) in [5.41, 5.74) is -1.49. The first-order valence-electron chi connectivity index (χ1n) is 4.37. The van der Waals surface area contributed by atoms with Crippen LogP contribution in [0.4, 0.5) is 13.2 Å². The molecule has 1 rings (SSSR count). The van der Waals surface area contributed by atoms with Crippen LogP contribution in [0.1, 0.15) is 15.9 Å². The van der Waals surface area contributed by atoms with Crippen LogP contribution in [0.5, 0.6) is 5.75 Å². The summed E-state index contributed by atoms with van der Waals surface area (Å²) >= 11 is 0.910. The predicted molar refractivity (Wildman–Crippen MR) is 56.2 cm³/mol. The number of aromatic hydroxyl groups is 1. The third-order valence-electron chi connectivity index (χ3n) is 2.02. The van der Waals surface area contributed by atoms with E-state index in [1.807, 2.05) is 0 Å². The number of rotatable bonds is 2. The van der Waals surface area contributed by atoms with E-state index in [-0.39, 0.29) is 10.5 Å². The Balaban J connectivity index is 3.44. The first-order chi connectivity index (χ1) is 7.81.